The summed E-state index contributed by atoms with van der Waals surface area (Å²) in [4.78, 5) is 109. The standard InChI is InChI=1S/C22H25FN6O3S.C21H23F3N6O2S.C20H23FN6O2S.C20H25N7O2S.H2S/c23-14-1-2-16(17(9-14)32-15-5-8-31-11-15)28-19-18-21(27-12-26-19)33-22(29-18)20(30)25-10-13-3-6-24-7-4-13;22-8-14(9-23)32-16-7-13(24)1-2-15(16)29-18-17-20(28-11-27-18)33-21(30-17)19(31)26-10-12-3-5-25-6-4-12;1-2-29-15-9-13(21)3-4-14(15)26-17-16-19(25-11-24-17)30-20(27-16)18(28)23-10-12-5-7-22-8-6-12;1-12(2)29-18-14(4-3-7-22-18)26-16-15-19(25-11-24-16)30-20(27-15)17(28)23-10-13-5-8-21-9-6-13;/h1-2,9,12-13,15,24H,3-8,10-11H2,(H,25,30)(H,26,27,28);1-2,7,11-12,14,25H,3-6,8-10H2,(H,26,31)(H,27,28,29);3-4,9,11-12,22H,2,5-8,10H2,1H3,(H,23,28)(H,24,25,26);3-4,7,11-13,21H,5-6,8-10H2,1-2H3,(H,23,28)(H,24,25,26);1H2/t15-;;;;/m0..../s1. The molecule has 5 aliphatic rings. The molecule has 0 aliphatic carbocycles. The van der Waals surface area contributed by atoms with Gasteiger partial charge in [-0.25, -0.2) is 86.7 Å². The Morgan fingerprint density at radius 1 is 0.449 bits per heavy atom. The maximum Gasteiger partial charge on any atom is 0.280 e. The second-order valence-corrected chi connectivity index (χ2v) is 34.1. The third-order valence-electron chi connectivity index (χ3n) is 20.7. The van der Waals surface area contributed by atoms with Crippen molar-refractivity contribution in [1.29, 1.82) is 0 Å². The normalized spacial score (nSPS) is 15.7. The number of benzene rings is 3. The van der Waals surface area contributed by atoms with Gasteiger partial charge < -0.3 is 87.5 Å². The number of pyridine rings is 1. The highest BCUT2D eigenvalue weighted by atomic mass is 32.1. The molecule has 5 saturated heterocycles. The number of hydrogen-bond donors (Lipinski definition) is 12. The SMILES string of the molecule is CC(C)Oc1ncccc1Nc1ncnc2sc(C(=O)NCC3CCNCC3)nc12.CCOc1cc(F)ccc1Nc1ncnc2sc(C(=O)NCC3CCNCC3)nc12.O=C(NCC1CCNCC1)c1nc2c(Nc3ccc(F)cc3OC(CF)CF)ncnc2s1.O=C(NCC1CCNCC1)c1nc2c(Nc3ccc(F)cc3O[C@H]3CCOC3)ncnc2s1.S. The van der Waals surface area contributed by atoms with Crippen LogP contribution >= 0.6 is 58.8 Å². The molecule has 127 heavy (non-hydrogen) atoms. The summed E-state index contributed by atoms with van der Waals surface area (Å²) in [5.74, 6) is 2.36. The second-order valence-electron chi connectivity index (χ2n) is 30.2. The van der Waals surface area contributed by atoms with Crippen molar-refractivity contribution < 1.29 is 64.8 Å². The van der Waals surface area contributed by atoms with Gasteiger partial charge in [-0.2, -0.15) is 13.5 Å². The lowest BCUT2D eigenvalue weighted by Crippen LogP contribution is -2.35. The number of alkyl halides is 2. The molecule has 9 aromatic heterocycles. The summed E-state index contributed by atoms with van der Waals surface area (Å²) in [5.41, 5.74) is 3.89. The zero-order valence-corrected chi connectivity index (χ0v) is 73.9. The van der Waals surface area contributed by atoms with E-state index in [0.717, 1.165) is 128 Å². The van der Waals surface area contributed by atoms with E-state index in [-0.39, 0.29) is 71.6 Å². The van der Waals surface area contributed by atoms with Crippen LogP contribution in [0, 0.1) is 41.1 Å². The third kappa shape index (κ3) is 26.0. The molecular formula is C83H98F5N25O9S5. The average Bonchev–Trinajstić information content (AvgIpc) is 1.68. The number of piperidine rings is 4. The van der Waals surface area contributed by atoms with E-state index in [2.05, 4.69) is 129 Å². The van der Waals surface area contributed by atoms with Gasteiger partial charge in [0.15, 0.2) is 49.4 Å². The molecule has 34 nitrogen and oxygen atoms in total. The minimum atomic E-state index is -1.35. The molecule has 44 heteroatoms. The van der Waals surface area contributed by atoms with Crippen molar-refractivity contribution in [3.05, 3.63) is 136 Å². The number of hydrogen-bond acceptors (Lipinski definition) is 34. The minimum absolute atomic E-state index is 0. The molecule has 0 bridgehead atoms. The highest BCUT2D eigenvalue weighted by molar-refractivity contribution is 7.59. The summed E-state index contributed by atoms with van der Waals surface area (Å²) in [6.45, 7) is 15.4. The maximum atomic E-state index is 13.9. The number of nitrogens with one attached hydrogen (secondary N) is 12. The molecule has 0 unspecified atom stereocenters. The third-order valence-corrected chi connectivity index (χ3v) is 24.5. The molecule has 5 aliphatic heterocycles. The van der Waals surface area contributed by atoms with E-state index in [1.54, 1.807) is 18.3 Å². The zero-order valence-electron chi connectivity index (χ0n) is 69.7. The first-order chi connectivity index (χ1) is 61.5. The lowest BCUT2D eigenvalue weighted by Gasteiger charge is -2.22. The van der Waals surface area contributed by atoms with Gasteiger partial charge in [0, 0.05) is 57.0 Å². The number of fused-ring (bicyclic) bond motifs is 4. The number of anilines is 8. The summed E-state index contributed by atoms with van der Waals surface area (Å²) >= 11 is 4.81. The van der Waals surface area contributed by atoms with Crippen LogP contribution < -0.4 is 82.7 Å². The molecule has 0 spiro atoms. The predicted molar refractivity (Wildman–Crippen MR) is 483 cm³/mol. The van der Waals surface area contributed by atoms with Gasteiger partial charge in [0.25, 0.3) is 23.6 Å². The Kier molecular flexibility index (Phi) is 34.2. The minimum Gasteiger partial charge on any atom is -0.492 e. The molecule has 5 fully saturated rings. The summed E-state index contributed by atoms with van der Waals surface area (Å²) < 4.78 is 94.8. The number of aromatic nitrogens is 13. The number of carbonyl (C=O) groups is 4. The molecule has 674 valence electrons. The fraction of sp³-hybridized carbons (Fsp3) is 0.434. The Hall–Kier alpha value is -11.2. The summed E-state index contributed by atoms with van der Waals surface area (Å²) in [7, 11) is 0. The molecule has 0 saturated carbocycles. The maximum absolute atomic E-state index is 13.9. The van der Waals surface area contributed by atoms with Gasteiger partial charge in [0.1, 0.15) is 127 Å². The molecule has 14 heterocycles. The van der Waals surface area contributed by atoms with Gasteiger partial charge in [0.2, 0.25) is 5.88 Å². The Morgan fingerprint density at radius 3 is 1.14 bits per heavy atom. The van der Waals surface area contributed by atoms with Crippen molar-refractivity contribution in [2.75, 3.05) is 133 Å². The number of thiazole rings is 4. The van der Waals surface area contributed by atoms with Gasteiger partial charge in [-0.1, -0.05) is 45.3 Å². The lowest BCUT2D eigenvalue weighted by atomic mass is 9.98. The van der Waals surface area contributed by atoms with E-state index in [1.165, 1.54) is 95.7 Å². The summed E-state index contributed by atoms with van der Waals surface area (Å²) in [6, 6.07) is 15.7. The van der Waals surface area contributed by atoms with Crippen LogP contribution in [0.2, 0.25) is 0 Å². The van der Waals surface area contributed by atoms with Crippen molar-refractivity contribution in [2.45, 2.75) is 96.9 Å². The van der Waals surface area contributed by atoms with Crippen LogP contribution in [0.25, 0.3) is 41.4 Å². The molecule has 0 radical (unpaired) electrons. The first kappa shape index (κ1) is 93.4. The summed E-state index contributed by atoms with van der Waals surface area (Å²) in [5, 5.41) is 39.0. The number of nitrogens with zero attached hydrogens (tertiary/aromatic N) is 13. The second kappa shape index (κ2) is 46.5. The summed E-state index contributed by atoms with van der Waals surface area (Å²) in [6.07, 6.45) is 14.9. The highest BCUT2D eigenvalue weighted by Gasteiger charge is 2.28. The van der Waals surface area contributed by atoms with Gasteiger partial charge in [0.05, 0.1) is 43.0 Å². The van der Waals surface area contributed by atoms with Crippen LogP contribution in [0.4, 0.5) is 68.0 Å². The van der Waals surface area contributed by atoms with Crippen LogP contribution in [0.15, 0.2) is 98.2 Å². The van der Waals surface area contributed by atoms with Gasteiger partial charge >= 0.3 is 0 Å². The van der Waals surface area contributed by atoms with Crippen LogP contribution in [-0.4, -0.2) is 218 Å². The van der Waals surface area contributed by atoms with Gasteiger partial charge in [-0.05, 0) is 197 Å². The van der Waals surface area contributed by atoms with E-state index in [4.69, 9.17) is 23.7 Å². The number of halogens is 5. The quantitative estimate of drug-likeness (QED) is 0.0186. The van der Waals surface area contributed by atoms with E-state index in [9.17, 15) is 41.1 Å². The number of amides is 4. The predicted octanol–water partition coefficient (Wildman–Crippen LogP) is 12.2. The first-order valence-corrected chi connectivity index (χ1v) is 44.9. The Bertz CT molecular complexity index is 5490. The molecule has 4 amide bonds. The number of rotatable bonds is 30. The van der Waals surface area contributed by atoms with E-state index >= 15 is 0 Å². The van der Waals surface area contributed by atoms with Crippen molar-refractivity contribution in [1.82, 2.24) is 107 Å². The molecule has 17 rings (SSSR count). The Labute approximate surface area is 749 Å². The number of carbonyl (C=O) groups excluding carboxylic acids is 4. The monoisotopic (exact) mass is 1840 g/mol. The molecule has 1 atom stereocenters. The van der Waals surface area contributed by atoms with Gasteiger partial charge in [-0.3, -0.25) is 19.2 Å². The van der Waals surface area contributed by atoms with E-state index in [1.807, 2.05) is 32.9 Å². The first-order valence-electron chi connectivity index (χ1n) is 41.6. The van der Waals surface area contributed by atoms with E-state index in [0.29, 0.717) is 178 Å². The largest absolute Gasteiger partial charge is 0.492 e. The fourth-order valence-electron chi connectivity index (χ4n) is 14.0. The topological polar surface area (TPSA) is 426 Å². The molecule has 12 aromatic rings. The number of ether oxygens (including phenoxy) is 5. The van der Waals surface area contributed by atoms with Crippen molar-refractivity contribution in [3.63, 3.8) is 0 Å². The van der Waals surface area contributed by atoms with Crippen molar-refractivity contribution in [3.8, 4) is 23.1 Å². The van der Waals surface area contributed by atoms with Crippen molar-refractivity contribution >= 4 is 170 Å². The molecule has 3 aromatic carbocycles. The van der Waals surface area contributed by atoms with Crippen LogP contribution in [0.5, 0.6) is 23.1 Å². The average molecular weight is 1850 g/mol. The highest BCUT2D eigenvalue weighted by Crippen LogP contribution is 2.38. The lowest BCUT2D eigenvalue weighted by molar-refractivity contribution is 0.0936. The fourth-order valence-corrected chi connectivity index (χ4v) is 17.3. The van der Waals surface area contributed by atoms with Crippen molar-refractivity contribution in [2.24, 2.45) is 23.7 Å². The van der Waals surface area contributed by atoms with Gasteiger partial charge in [-0.15, -0.1) is 0 Å². The molecular weight excluding hydrogens is 1750 g/mol. The van der Waals surface area contributed by atoms with E-state index < -0.39 is 36.9 Å². The van der Waals surface area contributed by atoms with Crippen LogP contribution in [-0.2, 0) is 4.74 Å². The zero-order chi connectivity index (χ0) is 87.7. The van der Waals surface area contributed by atoms with Crippen LogP contribution in [0.3, 0.4) is 0 Å². The van der Waals surface area contributed by atoms with Crippen LogP contribution in [0.1, 0.15) is 118 Å². The Morgan fingerprint density at radius 2 is 0.795 bits per heavy atom. The smallest absolute Gasteiger partial charge is 0.280 e. The molecule has 12 N–H and O–H groups in total. The Balaban J connectivity index is 0.000000145.